The average molecular weight is 404 g/mol. The van der Waals surface area contributed by atoms with E-state index in [1.807, 2.05) is 91.0 Å². The molecule has 0 aliphatic carbocycles. The summed E-state index contributed by atoms with van der Waals surface area (Å²) in [6.45, 7) is 0. The first-order valence-electron chi connectivity index (χ1n) is 8.90. The maximum absolute atomic E-state index is 12.4. The summed E-state index contributed by atoms with van der Waals surface area (Å²) in [5.41, 5.74) is -1.72. The molecule has 0 amide bonds. The van der Waals surface area contributed by atoms with Gasteiger partial charge in [0, 0.05) is 5.88 Å². The van der Waals surface area contributed by atoms with E-state index >= 15 is 0 Å². The minimum atomic E-state index is -2.89. The van der Waals surface area contributed by atoms with Gasteiger partial charge < -0.3 is 14.6 Å². The Morgan fingerprint density at radius 2 is 1.07 bits per heavy atom. The fourth-order valence-corrected chi connectivity index (χ4v) is 6.62. The van der Waals surface area contributed by atoms with Gasteiger partial charge in [0.15, 0.2) is 0 Å². The molecule has 0 unspecified atom stereocenters. The molecule has 1 heterocycles. The van der Waals surface area contributed by atoms with Crippen molar-refractivity contribution in [2.24, 2.45) is 0 Å². The predicted octanol–water partition coefficient (Wildman–Crippen LogP) is 1.42. The second-order valence-corrected chi connectivity index (χ2v) is 9.22. The molecule has 2 N–H and O–H groups in total. The predicted molar refractivity (Wildman–Crippen MR) is 113 cm³/mol. The fraction of sp³-hybridized carbons (Fsp3) is 0. The van der Waals surface area contributed by atoms with Gasteiger partial charge >= 0.3 is 11.2 Å². The molecule has 0 fully saturated rings. The van der Waals surface area contributed by atoms with E-state index in [0.29, 0.717) is 0 Å². The van der Waals surface area contributed by atoms with Crippen molar-refractivity contribution < 1.29 is 9.63 Å². The molecule has 0 aliphatic rings. The van der Waals surface area contributed by atoms with Crippen molar-refractivity contribution >= 4 is 23.4 Å². The number of hydrogen-bond donors (Lipinski definition) is 2. The van der Waals surface area contributed by atoms with Crippen molar-refractivity contribution in [1.29, 1.82) is 0 Å². The highest BCUT2D eigenvalue weighted by atomic mass is 31.2. The van der Waals surface area contributed by atoms with Gasteiger partial charge in [0.25, 0.3) is 7.49 Å². The number of nitrogens with one attached hydrogen (secondary N) is 2. The minimum absolute atomic E-state index is 0.436. The highest BCUT2D eigenvalue weighted by Gasteiger charge is 2.50. The summed E-state index contributed by atoms with van der Waals surface area (Å²) >= 11 is 0. The molecule has 6 nitrogen and oxygen atoms in total. The number of rotatable bonds is 5. The maximum atomic E-state index is 12.4. The van der Waals surface area contributed by atoms with Crippen LogP contribution in [0.5, 0.6) is 11.6 Å². The maximum Gasteiger partial charge on any atom is 0.325 e. The van der Waals surface area contributed by atoms with Crippen LogP contribution in [0.4, 0.5) is 0 Å². The summed E-state index contributed by atoms with van der Waals surface area (Å²) in [6.07, 6.45) is 0. The zero-order valence-electron chi connectivity index (χ0n) is 15.2. The highest BCUT2D eigenvalue weighted by molar-refractivity contribution is 7.92. The third-order valence-electron chi connectivity index (χ3n) is 4.45. The first-order chi connectivity index (χ1) is 14.1. The highest BCUT2D eigenvalue weighted by Crippen LogP contribution is 2.56. The molecule has 4 rings (SSSR count). The quantitative estimate of drug-likeness (QED) is 0.492. The molecule has 0 saturated carbocycles. The Balaban J connectivity index is 2.06. The van der Waals surface area contributed by atoms with Crippen molar-refractivity contribution in [2.75, 3.05) is 0 Å². The molecular formula is C22H17N2O4P. The standard InChI is InChI=1S/C22H17N2O4P/c25-20-19(21(26)24-22(27)23-20)28-29(16-10-4-1-5-11-16,17-12-6-2-7-13-17)18-14-8-3-9-15-18/h1-15H,(H2-,23,24,25,26,27). The Kier molecular flexibility index (Phi) is 5.02. The van der Waals surface area contributed by atoms with E-state index in [9.17, 15) is 14.7 Å². The zero-order valence-corrected chi connectivity index (χ0v) is 16.1. The van der Waals surface area contributed by atoms with E-state index in [4.69, 9.17) is 4.52 Å². The average Bonchev–Trinajstić information content (AvgIpc) is 2.75. The van der Waals surface area contributed by atoms with Crippen LogP contribution >= 0.6 is 7.49 Å². The Bertz CT molecular complexity index is 1130. The van der Waals surface area contributed by atoms with Crippen LogP contribution in [0.3, 0.4) is 0 Å². The van der Waals surface area contributed by atoms with Gasteiger partial charge in [0.2, 0.25) is 5.75 Å². The van der Waals surface area contributed by atoms with E-state index < -0.39 is 30.4 Å². The van der Waals surface area contributed by atoms with Crippen LogP contribution in [-0.4, -0.2) is 9.97 Å². The Morgan fingerprint density at radius 3 is 1.45 bits per heavy atom. The lowest BCUT2D eigenvalue weighted by atomic mass is 10.4. The van der Waals surface area contributed by atoms with E-state index in [1.165, 1.54) is 0 Å². The zero-order chi connectivity index (χ0) is 20.3. The van der Waals surface area contributed by atoms with Gasteiger partial charge in [-0.25, -0.2) is 4.79 Å². The number of benzene rings is 3. The smallest absolute Gasteiger partial charge is 0.325 e. The summed E-state index contributed by atoms with van der Waals surface area (Å²) in [7, 11) is -2.89. The molecule has 3 aromatic carbocycles. The lowest BCUT2D eigenvalue weighted by molar-refractivity contribution is -0.276. The molecule has 0 radical (unpaired) electrons. The summed E-state index contributed by atoms with van der Waals surface area (Å²) in [5, 5.41) is 15.0. The Hall–Kier alpha value is -3.63. The lowest BCUT2D eigenvalue weighted by Crippen LogP contribution is -2.37. The normalized spacial score (nSPS) is 11.2. The molecule has 0 aliphatic heterocycles. The molecule has 0 saturated heterocycles. The third kappa shape index (κ3) is 3.46. The monoisotopic (exact) mass is 404 g/mol. The topological polar surface area (TPSA) is 98.0 Å². The molecule has 0 spiro atoms. The fourth-order valence-electron chi connectivity index (χ4n) is 3.19. The van der Waals surface area contributed by atoms with Crippen molar-refractivity contribution in [2.45, 2.75) is 0 Å². The number of hydrogen-bond acceptors (Lipinski definition) is 4. The van der Waals surface area contributed by atoms with Crippen LogP contribution in [0.2, 0.25) is 0 Å². The van der Waals surface area contributed by atoms with Crippen LogP contribution in [-0.2, 0) is 0 Å². The van der Waals surface area contributed by atoms with Gasteiger partial charge in [-0.3, -0.25) is 9.78 Å². The molecule has 0 atom stereocenters. The van der Waals surface area contributed by atoms with Gasteiger partial charge in [0.1, 0.15) is 15.9 Å². The molecule has 29 heavy (non-hydrogen) atoms. The lowest BCUT2D eigenvalue weighted by Gasteiger charge is -2.27. The third-order valence-corrected chi connectivity index (χ3v) is 7.99. The molecule has 144 valence electrons. The Labute approximate surface area is 166 Å². The number of H-pyrrole nitrogens is 2. The number of aromatic nitrogens is 2. The summed E-state index contributed by atoms with van der Waals surface area (Å²) in [4.78, 5) is 28.1. The Morgan fingerprint density at radius 1 is 0.655 bits per heavy atom. The van der Waals surface area contributed by atoms with E-state index in [0.717, 1.165) is 15.9 Å². The van der Waals surface area contributed by atoms with Crippen LogP contribution < -0.4 is 36.8 Å². The first-order valence-corrected chi connectivity index (χ1v) is 10.6. The van der Waals surface area contributed by atoms with E-state index in [1.54, 1.807) is 0 Å². The second-order valence-electron chi connectivity index (χ2n) is 6.27. The SMILES string of the molecule is O=c1[nH]c([O-])c(O[P+](c2ccccc2)(c2ccccc2)c2ccccc2)c(=O)[nH]1. The van der Waals surface area contributed by atoms with Gasteiger partial charge in [-0.05, 0) is 36.4 Å². The minimum Gasteiger partial charge on any atom is -0.857 e. The summed E-state index contributed by atoms with van der Waals surface area (Å²) in [6, 6.07) is 28.5. The molecule has 4 aromatic rings. The van der Waals surface area contributed by atoms with Crippen LogP contribution in [0.1, 0.15) is 0 Å². The second kappa shape index (κ2) is 7.78. The van der Waals surface area contributed by atoms with Gasteiger partial charge in [-0.15, -0.1) is 0 Å². The van der Waals surface area contributed by atoms with E-state index in [-0.39, 0.29) is 0 Å². The molecule has 7 heteroatoms. The van der Waals surface area contributed by atoms with Crippen LogP contribution in [0, 0.1) is 0 Å². The van der Waals surface area contributed by atoms with Crippen molar-refractivity contribution in [3.63, 3.8) is 0 Å². The van der Waals surface area contributed by atoms with Crippen LogP contribution in [0.15, 0.2) is 101 Å². The molecule has 0 bridgehead atoms. The molecular weight excluding hydrogens is 387 g/mol. The van der Waals surface area contributed by atoms with Crippen molar-refractivity contribution in [3.8, 4) is 11.6 Å². The summed E-state index contributed by atoms with van der Waals surface area (Å²) in [5.74, 6) is -1.29. The van der Waals surface area contributed by atoms with Crippen molar-refractivity contribution in [1.82, 2.24) is 9.97 Å². The van der Waals surface area contributed by atoms with Gasteiger partial charge in [-0.2, -0.15) is 0 Å². The van der Waals surface area contributed by atoms with Gasteiger partial charge in [-0.1, -0.05) is 54.6 Å². The largest absolute Gasteiger partial charge is 0.857 e. The van der Waals surface area contributed by atoms with Gasteiger partial charge in [0.05, 0.1) is 0 Å². The summed E-state index contributed by atoms with van der Waals surface area (Å²) < 4.78 is 6.36. The van der Waals surface area contributed by atoms with Crippen molar-refractivity contribution in [3.05, 3.63) is 112 Å². The van der Waals surface area contributed by atoms with E-state index in [2.05, 4.69) is 9.97 Å². The molecule has 1 aromatic heterocycles. The first kappa shape index (κ1) is 18.7. The van der Waals surface area contributed by atoms with Crippen LogP contribution in [0.25, 0.3) is 0 Å². The number of aromatic amines is 2.